The van der Waals surface area contributed by atoms with Crippen molar-refractivity contribution >= 4 is 0 Å². The summed E-state index contributed by atoms with van der Waals surface area (Å²) in [6.45, 7) is 7.22. The van der Waals surface area contributed by atoms with Gasteiger partial charge in [0.15, 0.2) is 0 Å². The maximum atomic E-state index is 5.48. The van der Waals surface area contributed by atoms with Crippen LogP contribution in [0.25, 0.3) is 0 Å². The molecular formula is C12H18N2O. The molecule has 0 amide bonds. The number of ether oxygens (including phenoxy) is 1. The third-order valence-corrected chi connectivity index (χ3v) is 2.64. The fourth-order valence-corrected chi connectivity index (χ4v) is 1.25. The Balaban J connectivity index is 1.96. The second-order valence-electron chi connectivity index (χ2n) is 5.26. The van der Waals surface area contributed by atoms with Crippen LogP contribution in [0.15, 0.2) is 12.4 Å². The van der Waals surface area contributed by atoms with Crippen LogP contribution in [0.5, 0.6) is 6.01 Å². The molecule has 1 aliphatic rings. The normalized spacial score (nSPS) is 16.5. The fourth-order valence-electron chi connectivity index (χ4n) is 1.25. The van der Waals surface area contributed by atoms with Crippen LogP contribution >= 0.6 is 0 Å². The highest BCUT2D eigenvalue weighted by Crippen LogP contribution is 2.29. The van der Waals surface area contributed by atoms with Gasteiger partial charge in [0, 0.05) is 12.4 Å². The second kappa shape index (κ2) is 3.80. The molecule has 0 aliphatic heterocycles. The first-order valence-corrected chi connectivity index (χ1v) is 5.51. The van der Waals surface area contributed by atoms with Crippen LogP contribution in [0.2, 0.25) is 0 Å². The molecule has 0 saturated heterocycles. The average Bonchev–Trinajstić information content (AvgIpc) is 2.97. The number of nitrogens with zero attached hydrogens (tertiary/aromatic N) is 2. The SMILES string of the molecule is CC(C)(C)c1cnc(OCC2CC2)nc1. The highest BCUT2D eigenvalue weighted by Gasteiger charge is 2.22. The summed E-state index contributed by atoms with van der Waals surface area (Å²) < 4.78 is 5.48. The zero-order valence-electron chi connectivity index (χ0n) is 9.66. The van der Waals surface area contributed by atoms with E-state index >= 15 is 0 Å². The molecule has 2 rings (SSSR count). The molecule has 1 aliphatic carbocycles. The van der Waals surface area contributed by atoms with Gasteiger partial charge < -0.3 is 4.74 Å². The Bertz CT molecular complexity index is 322. The van der Waals surface area contributed by atoms with Crippen molar-refractivity contribution in [3.05, 3.63) is 18.0 Å². The van der Waals surface area contributed by atoms with Crippen molar-refractivity contribution in [3.63, 3.8) is 0 Å². The minimum absolute atomic E-state index is 0.106. The first kappa shape index (κ1) is 10.4. The number of aromatic nitrogens is 2. The second-order valence-corrected chi connectivity index (χ2v) is 5.26. The Morgan fingerprint density at radius 3 is 2.33 bits per heavy atom. The molecule has 0 N–H and O–H groups in total. The molecule has 0 spiro atoms. The Morgan fingerprint density at radius 1 is 1.27 bits per heavy atom. The average molecular weight is 206 g/mol. The van der Waals surface area contributed by atoms with Gasteiger partial charge in [-0.1, -0.05) is 20.8 Å². The van der Waals surface area contributed by atoms with Crippen molar-refractivity contribution < 1.29 is 4.74 Å². The van der Waals surface area contributed by atoms with Gasteiger partial charge in [-0.3, -0.25) is 0 Å². The van der Waals surface area contributed by atoms with Crippen molar-refractivity contribution in [3.8, 4) is 6.01 Å². The topological polar surface area (TPSA) is 35.0 Å². The van der Waals surface area contributed by atoms with Crippen LogP contribution in [0, 0.1) is 5.92 Å². The predicted octanol–water partition coefficient (Wildman–Crippen LogP) is 2.56. The Kier molecular flexibility index (Phi) is 2.63. The molecule has 0 atom stereocenters. The maximum Gasteiger partial charge on any atom is 0.316 e. The molecule has 3 heteroatoms. The van der Waals surface area contributed by atoms with E-state index in [9.17, 15) is 0 Å². The quantitative estimate of drug-likeness (QED) is 0.762. The summed E-state index contributed by atoms with van der Waals surface area (Å²) >= 11 is 0. The van der Waals surface area contributed by atoms with Crippen LogP contribution in [0.3, 0.4) is 0 Å². The van der Waals surface area contributed by atoms with Crippen molar-refractivity contribution in [2.45, 2.75) is 39.0 Å². The lowest BCUT2D eigenvalue weighted by atomic mass is 9.89. The largest absolute Gasteiger partial charge is 0.463 e. The first-order chi connectivity index (χ1) is 7.05. The van der Waals surface area contributed by atoms with Gasteiger partial charge in [0.2, 0.25) is 0 Å². The van der Waals surface area contributed by atoms with Gasteiger partial charge in [-0.25, -0.2) is 9.97 Å². The summed E-state index contributed by atoms with van der Waals surface area (Å²) in [6, 6.07) is 0.509. The molecule has 0 radical (unpaired) electrons. The fraction of sp³-hybridized carbons (Fsp3) is 0.667. The summed E-state index contributed by atoms with van der Waals surface area (Å²) in [6.07, 6.45) is 6.30. The lowest BCUT2D eigenvalue weighted by Crippen LogP contribution is -2.12. The van der Waals surface area contributed by atoms with Crippen LogP contribution in [0.1, 0.15) is 39.2 Å². The molecule has 3 nitrogen and oxygen atoms in total. The van der Waals surface area contributed by atoms with Crippen LogP contribution in [-0.2, 0) is 5.41 Å². The van der Waals surface area contributed by atoms with Crippen LogP contribution < -0.4 is 4.74 Å². The highest BCUT2D eigenvalue weighted by atomic mass is 16.5. The van der Waals surface area contributed by atoms with E-state index in [2.05, 4.69) is 30.7 Å². The molecule has 1 aromatic rings. The Morgan fingerprint density at radius 2 is 1.87 bits per heavy atom. The standard InChI is InChI=1S/C12H18N2O/c1-12(2,3)10-6-13-11(14-7-10)15-8-9-4-5-9/h6-7,9H,4-5,8H2,1-3H3. The summed E-state index contributed by atoms with van der Waals surface area (Å²) in [5.41, 5.74) is 1.25. The third-order valence-electron chi connectivity index (χ3n) is 2.64. The smallest absolute Gasteiger partial charge is 0.316 e. The van der Waals surface area contributed by atoms with Gasteiger partial charge in [-0.05, 0) is 29.7 Å². The molecule has 1 fully saturated rings. The molecule has 1 saturated carbocycles. The minimum Gasteiger partial charge on any atom is -0.463 e. The van der Waals surface area contributed by atoms with E-state index in [4.69, 9.17) is 4.74 Å². The third kappa shape index (κ3) is 2.91. The van der Waals surface area contributed by atoms with Crippen LogP contribution in [0.4, 0.5) is 0 Å². The lowest BCUT2D eigenvalue weighted by Gasteiger charge is -2.17. The monoisotopic (exact) mass is 206 g/mol. The minimum atomic E-state index is 0.106. The number of rotatable bonds is 3. The first-order valence-electron chi connectivity index (χ1n) is 5.51. The molecule has 1 heterocycles. The van der Waals surface area contributed by atoms with Gasteiger partial charge in [-0.15, -0.1) is 0 Å². The van der Waals surface area contributed by atoms with E-state index in [1.165, 1.54) is 12.8 Å². The van der Waals surface area contributed by atoms with E-state index in [1.54, 1.807) is 0 Å². The lowest BCUT2D eigenvalue weighted by molar-refractivity contribution is 0.275. The van der Waals surface area contributed by atoms with Gasteiger partial charge in [0.1, 0.15) is 0 Å². The van der Waals surface area contributed by atoms with Crippen molar-refractivity contribution in [2.24, 2.45) is 5.92 Å². The number of hydrogen-bond acceptors (Lipinski definition) is 3. The predicted molar refractivity (Wildman–Crippen MR) is 59.0 cm³/mol. The summed E-state index contributed by atoms with van der Waals surface area (Å²) in [4.78, 5) is 8.42. The van der Waals surface area contributed by atoms with E-state index in [1.807, 2.05) is 12.4 Å². The summed E-state index contributed by atoms with van der Waals surface area (Å²) in [5.74, 6) is 0.746. The van der Waals surface area contributed by atoms with E-state index in [0.29, 0.717) is 6.01 Å². The van der Waals surface area contributed by atoms with Gasteiger partial charge in [0.05, 0.1) is 6.61 Å². The Hall–Kier alpha value is -1.12. The molecule has 82 valence electrons. The Labute approximate surface area is 90.9 Å². The molecular weight excluding hydrogens is 188 g/mol. The van der Waals surface area contributed by atoms with Gasteiger partial charge >= 0.3 is 6.01 Å². The molecule has 1 aromatic heterocycles. The van der Waals surface area contributed by atoms with Crippen molar-refractivity contribution in [1.82, 2.24) is 9.97 Å². The van der Waals surface area contributed by atoms with Gasteiger partial charge in [0.25, 0.3) is 0 Å². The summed E-state index contributed by atoms with van der Waals surface area (Å²) in [7, 11) is 0. The van der Waals surface area contributed by atoms with Crippen molar-refractivity contribution in [1.29, 1.82) is 0 Å². The highest BCUT2D eigenvalue weighted by molar-refractivity contribution is 5.16. The zero-order chi connectivity index (χ0) is 10.9. The van der Waals surface area contributed by atoms with E-state index in [0.717, 1.165) is 18.1 Å². The number of hydrogen-bond donors (Lipinski definition) is 0. The molecule has 0 aromatic carbocycles. The van der Waals surface area contributed by atoms with Crippen LogP contribution in [-0.4, -0.2) is 16.6 Å². The molecule has 0 unspecified atom stereocenters. The maximum absolute atomic E-state index is 5.48. The summed E-state index contributed by atoms with van der Waals surface area (Å²) in [5, 5.41) is 0. The van der Waals surface area contributed by atoms with E-state index < -0.39 is 0 Å². The van der Waals surface area contributed by atoms with Crippen molar-refractivity contribution in [2.75, 3.05) is 6.61 Å². The zero-order valence-corrected chi connectivity index (χ0v) is 9.66. The van der Waals surface area contributed by atoms with Gasteiger partial charge in [-0.2, -0.15) is 0 Å². The molecule has 0 bridgehead atoms. The molecule has 15 heavy (non-hydrogen) atoms. The van der Waals surface area contributed by atoms with E-state index in [-0.39, 0.29) is 5.41 Å².